The van der Waals surface area contributed by atoms with E-state index in [0.717, 1.165) is 17.4 Å². The highest BCUT2D eigenvalue weighted by Crippen LogP contribution is 2.33. The molecule has 0 saturated carbocycles. The Hall–Kier alpha value is -2.06. The maximum atomic E-state index is 12.3. The lowest BCUT2D eigenvalue weighted by molar-refractivity contribution is -0.380. The molecule has 1 aromatic rings. The molecule has 1 aliphatic rings. The first kappa shape index (κ1) is 15.3. The highest BCUT2D eigenvalue weighted by atomic mass is 32.1. The first-order valence-corrected chi connectivity index (χ1v) is 7.14. The number of carbonyl (C=O) groups is 2. The molecule has 2 rings (SSSR count). The summed E-state index contributed by atoms with van der Waals surface area (Å²) in [6, 6.07) is 1.06. The number of Topliss-reactive ketones (excluding diaryl/α,β-unsaturated/α-hetero) is 1. The van der Waals surface area contributed by atoms with Crippen molar-refractivity contribution in [1.29, 1.82) is 0 Å². The van der Waals surface area contributed by atoms with E-state index in [4.69, 9.17) is 4.74 Å². The SMILES string of the molecule is CCC(COC)NC1=CC(=O)c2sc([N+](=O)[O-])cc2C1=O. The highest BCUT2D eigenvalue weighted by molar-refractivity contribution is 7.17. The fraction of sp³-hybridized carbons (Fsp3) is 0.385. The third-order valence-electron chi connectivity index (χ3n) is 3.11. The van der Waals surface area contributed by atoms with E-state index in [1.165, 1.54) is 6.08 Å². The molecule has 0 fully saturated rings. The molecule has 0 aromatic carbocycles. The number of nitrogens with one attached hydrogen (secondary N) is 1. The van der Waals surface area contributed by atoms with Crippen molar-refractivity contribution in [2.75, 3.05) is 13.7 Å². The Bertz CT molecular complexity index is 635. The minimum absolute atomic E-state index is 0.0916. The van der Waals surface area contributed by atoms with Crippen molar-refractivity contribution in [1.82, 2.24) is 5.32 Å². The van der Waals surface area contributed by atoms with Gasteiger partial charge in [0.25, 0.3) is 0 Å². The van der Waals surface area contributed by atoms with Crippen LogP contribution in [0, 0.1) is 10.1 Å². The summed E-state index contributed by atoms with van der Waals surface area (Å²) in [5, 5.41) is 13.5. The van der Waals surface area contributed by atoms with Crippen LogP contribution in [0.25, 0.3) is 0 Å². The van der Waals surface area contributed by atoms with E-state index in [-0.39, 0.29) is 27.2 Å². The number of rotatable bonds is 6. The summed E-state index contributed by atoms with van der Waals surface area (Å²) < 4.78 is 5.03. The van der Waals surface area contributed by atoms with Crippen molar-refractivity contribution in [3.63, 3.8) is 0 Å². The summed E-state index contributed by atoms with van der Waals surface area (Å²) in [4.78, 5) is 34.6. The van der Waals surface area contributed by atoms with Gasteiger partial charge in [0.15, 0.2) is 5.78 Å². The fourth-order valence-electron chi connectivity index (χ4n) is 2.02. The van der Waals surface area contributed by atoms with Gasteiger partial charge in [-0.1, -0.05) is 18.3 Å². The Morgan fingerprint density at radius 2 is 2.19 bits per heavy atom. The Morgan fingerprint density at radius 1 is 1.48 bits per heavy atom. The van der Waals surface area contributed by atoms with E-state index >= 15 is 0 Å². The van der Waals surface area contributed by atoms with Crippen molar-refractivity contribution >= 4 is 27.9 Å². The monoisotopic (exact) mass is 310 g/mol. The normalized spacial score (nSPS) is 15.4. The second kappa shape index (κ2) is 6.15. The molecule has 0 amide bonds. The van der Waals surface area contributed by atoms with E-state index in [0.29, 0.717) is 13.0 Å². The predicted molar refractivity (Wildman–Crippen MR) is 76.8 cm³/mol. The molecule has 0 aliphatic heterocycles. The molecule has 0 spiro atoms. The van der Waals surface area contributed by atoms with Gasteiger partial charge >= 0.3 is 5.00 Å². The summed E-state index contributed by atoms with van der Waals surface area (Å²) in [6.45, 7) is 2.32. The maximum Gasteiger partial charge on any atom is 0.325 e. The van der Waals surface area contributed by atoms with Crippen LogP contribution >= 0.6 is 11.3 Å². The second-order valence-electron chi connectivity index (χ2n) is 4.54. The molecule has 112 valence electrons. The fourth-order valence-corrected chi connectivity index (χ4v) is 2.90. The van der Waals surface area contributed by atoms with E-state index in [2.05, 4.69) is 5.32 Å². The zero-order valence-electron chi connectivity index (χ0n) is 11.5. The number of methoxy groups -OCH3 is 1. The summed E-state index contributed by atoms with van der Waals surface area (Å²) in [6.07, 6.45) is 1.91. The molecule has 1 N–H and O–H groups in total. The van der Waals surface area contributed by atoms with Gasteiger partial charge in [-0.05, 0) is 6.42 Å². The number of carbonyl (C=O) groups excluding carboxylic acids is 2. The summed E-state index contributed by atoms with van der Waals surface area (Å²) in [7, 11) is 1.55. The third-order valence-corrected chi connectivity index (χ3v) is 4.21. The van der Waals surface area contributed by atoms with Crippen molar-refractivity contribution in [3.05, 3.63) is 38.4 Å². The van der Waals surface area contributed by atoms with Gasteiger partial charge in [-0.15, -0.1) is 0 Å². The minimum atomic E-state index is -0.601. The number of ketones is 2. The van der Waals surface area contributed by atoms with Crippen LogP contribution in [0.4, 0.5) is 5.00 Å². The molecule has 0 radical (unpaired) electrons. The molecule has 0 saturated heterocycles. The highest BCUT2D eigenvalue weighted by Gasteiger charge is 2.32. The third kappa shape index (κ3) is 3.01. The number of ether oxygens (including phenoxy) is 1. The van der Waals surface area contributed by atoms with E-state index < -0.39 is 16.5 Å². The Labute approximate surface area is 124 Å². The molecule has 1 aliphatic carbocycles. The average molecular weight is 310 g/mol. The zero-order chi connectivity index (χ0) is 15.6. The quantitative estimate of drug-likeness (QED) is 0.637. The van der Waals surface area contributed by atoms with Crippen LogP contribution in [0.15, 0.2) is 17.8 Å². The van der Waals surface area contributed by atoms with Crippen LogP contribution in [0.2, 0.25) is 0 Å². The van der Waals surface area contributed by atoms with Crippen LogP contribution in [-0.4, -0.2) is 36.2 Å². The van der Waals surface area contributed by atoms with Gasteiger partial charge in [0, 0.05) is 25.3 Å². The molecule has 1 heterocycles. The van der Waals surface area contributed by atoms with Crippen LogP contribution in [-0.2, 0) is 4.74 Å². The van der Waals surface area contributed by atoms with Gasteiger partial charge in [-0.25, -0.2) is 0 Å². The second-order valence-corrected chi connectivity index (χ2v) is 5.57. The number of allylic oxidation sites excluding steroid dienone is 2. The number of nitrogens with zero attached hydrogens (tertiary/aromatic N) is 1. The van der Waals surface area contributed by atoms with Crippen LogP contribution in [0.5, 0.6) is 0 Å². The van der Waals surface area contributed by atoms with Crippen molar-refractivity contribution in [3.8, 4) is 0 Å². The predicted octanol–water partition coefficient (Wildman–Crippen LogP) is 1.93. The standard InChI is InChI=1S/C13H14N2O5S/c1-3-7(6-20-2)14-9-5-10(16)13-8(12(9)17)4-11(21-13)15(18)19/h4-5,7,14H,3,6H2,1-2H3. The lowest BCUT2D eigenvalue weighted by Gasteiger charge is -2.20. The molecule has 1 unspecified atom stereocenters. The molecule has 7 nitrogen and oxygen atoms in total. The topological polar surface area (TPSA) is 98.5 Å². The summed E-state index contributed by atoms with van der Waals surface area (Å²) in [5.74, 6) is -0.791. The van der Waals surface area contributed by atoms with E-state index in [9.17, 15) is 19.7 Å². The molecule has 1 atom stereocenters. The van der Waals surface area contributed by atoms with Crippen LogP contribution < -0.4 is 5.32 Å². The number of fused-ring (bicyclic) bond motifs is 1. The molecule has 0 bridgehead atoms. The number of hydrogen-bond donors (Lipinski definition) is 1. The lowest BCUT2D eigenvalue weighted by atomic mass is 9.99. The van der Waals surface area contributed by atoms with Crippen LogP contribution in [0.1, 0.15) is 33.4 Å². The summed E-state index contributed by atoms with van der Waals surface area (Å²) in [5.41, 5.74) is 0.248. The summed E-state index contributed by atoms with van der Waals surface area (Å²) >= 11 is 0.726. The van der Waals surface area contributed by atoms with Crippen LogP contribution in [0.3, 0.4) is 0 Å². The van der Waals surface area contributed by atoms with Gasteiger partial charge in [0.1, 0.15) is 0 Å². The smallest absolute Gasteiger partial charge is 0.325 e. The molecule has 21 heavy (non-hydrogen) atoms. The van der Waals surface area contributed by atoms with E-state index in [1.807, 2.05) is 6.92 Å². The van der Waals surface area contributed by atoms with Gasteiger partial charge in [-0.3, -0.25) is 19.7 Å². The van der Waals surface area contributed by atoms with Crippen molar-refractivity contribution in [2.24, 2.45) is 0 Å². The van der Waals surface area contributed by atoms with Gasteiger partial charge in [0.05, 0.1) is 27.7 Å². The average Bonchev–Trinajstić information content (AvgIpc) is 2.90. The van der Waals surface area contributed by atoms with Gasteiger partial charge in [0.2, 0.25) is 5.78 Å². The Kier molecular flexibility index (Phi) is 4.49. The number of hydrogen-bond acceptors (Lipinski definition) is 7. The molecular formula is C13H14N2O5S. The lowest BCUT2D eigenvalue weighted by Crippen LogP contribution is -2.36. The number of thiophene rings is 1. The van der Waals surface area contributed by atoms with Crippen molar-refractivity contribution in [2.45, 2.75) is 19.4 Å². The number of nitro groups is 1. The van der Waals surface area contributed by atoms with Crippen molar-refractivity contribution < 1.29 is 19.2 Å². The zero-order valence-corrected chi connectivity index (χ0v) is 12.4. The first-order valence-electron chi connectivity index (χ1n) is 6.32. The van der Waals surface area contributed by atoms with Gasteiger partial charge < -0.3 is 10.1 Å². The first-order chi connectivity index (χ1) is 9.97. The Balaban J connectivity index is 2.29. The maximum absolute atomic E-state index is 12.3. The molecule has 1 aromatic heterocycles. The van der Waals surface area contributed by atoms with Gasteiger partial charge in [-0.2, -0.15) is 0 Å². The van der Waals surface area contributed by atoms with E-state index in [1.54, 1.807) is 7.11 Å². The molecule has 8 heteroatoms. The Morgan fingerprint density at radius 3 is 2.76 bits per heavy atom. The largest absolute Gasteiger partial charge is 0.383 e. The molecular weight excluding hydrogens is 296 g/mol. The minimum Gasteiger partial charge on any atom is -0.383 e.